The van der Waals surface area contributed by atoms with Crippen LogP contribution in [0, 0.1) is 13.8 Å². The molecule has 0 radical (unpaired) electrons. The molecule has 2 aromatic heterocycles. The number of hydrogen-bond acceptors (Lipinski definition) is 6. The van der Waals surface area contributed by atoms with Crippen LogP contribution >= 0.6 is 11.3 Å². The second-order valence-corrected chi connectivity index (χ2v) is 5.24. The number of methoxy groups -OCH3 is 1. The van der Waals surface area contributed by atoms with Crippen molar-refractivity contribution in [3.8, 4) is 0 Å². The highest BCUT2D eigenvalue weighted by atomic mass is 32.1. The molecule has 0 saturated carbocycles. The smallest absolute Gasteiger partial charge is 0.357 e. The maximum absolute atomic E-state index is 11.4. The molecule has 0 aromatic carbocycles. The summed E-state index contributed by atoms with van der Waals surface area (Å²) in [4.78, 5) is 20.9. The van der Waals surface area contributed by atoms with E-state index >= 15 is 0 Å². The van der Waals surface area contributed by atoms with E-state index in [2.05, 4.69) is 20.0 Å². The zero-order valence-electron chi connectivity index (χ0n) is 11.1. The SMILES string of the molecule is COC(=O)c1nc(NCc2cccc(C)n2)sc1C. The summed E-state index contributed by atoms with van der Waals surface area (Å²) in [6, 6.07) is 5.86. The summed E-state index contributed by atoms with van der Waals surface area (Å²) < 4.78 is 4.67. The maximum Gasteiger partial charge on any atom is 0.357 e. The van der Waals surface area contributed by atoms with E-state index in [0.717, 1.165) is 16.3 Å². The molecule has 0 unspecified atom stereocenters. The van der Waals surface area contributed by atoms with Gasteiger partial charge in [0.25, 0.3) is 0 Å². The van der Waals surface area contributed by atoms with Crippen molar-refractivity contribution < 1.29 is 9.53 Å². The van der Waals surface area contributed by atoms with E-state index in [4.69, 9.17) is 0 Å². The molecule has 2 heterocycles. The van der Waals surface area contributed by atoms with Gasteiger partial charge < -0.3 is 10.1 Å². The number of ether oxygens (including phenoxy) is 1. The lowest BCUT2D eigenvalue weighted by molar-refractivity contribution is 0.0594. The Morgan fingerprint density at radius 2 is 2.16 bits per heavy atom. The van der Waals surface area contributed by atoms with Gasteiger partial charge in [-0.15, -0.1) is 11.3 Å². The van der Waals surface area contributed by atoms with Crippen molar-refractivity contribution >= 4 is 22.4 Å². The first-order valence-corrected chi connectivity index (χ1v) is 6.64. The standard InChI is InChI=1S/C13H15N3O2S/c1-8-5-4-6-10(15-8)7-14-13-16-11(9(2)19-13)12(17)18-3/h4-6H,7H2,1-3H3,(H,14,16). The Bertz CT molecular complexity index is 595. The highest BCUT2D eigenvalue weighted by Crippen LogP contribution is 2.22. The Morgan fingerprint density at radius 3 is 2.84 bits per heavy atom. The van der Waals surface area contributed by atoms with Crippen molar-refractivity contribution in [2.75, 3.05) is 12.4 Å². The van der Waals surface area contributed by atoms with Gasteiger partial charge in [-0.05, 0) is 26.0 Å². The molecule has 2 aromatic rings. The normalized spacial score (nSPS) is 10.3. The summed E-state index contributed by atoms with van der Waals surface area (Å²) in [6.07, 6.45) is 0. The number of pyridine rings is 1. The van der Waals surface area contributed by atoms with E-state index in [0.29, 0.717) is 17.4 Å². The van der Waals surface area contributed by atoms with Gasteiger partial charge in [-0.3, -0.25) is 4.98 Å². The van der Waals surface area contributed by atoms with Gasteiger partial charge in [0.2, 0.25) is 0 Å². The van der Waals surface area contributed by atoms with E-state index in [1.807, 2.05) is 32.0 Å². The minimum Gasteiger partial charge on any atom is -0.464 e. The molecule has 100 valence electrons. The number of esters is 1. The largest absolute Gasteiger partial charge is 0.464 e. The van der Waals surface area contributed by atoms with Crippen LogP contribution in [0.5, 0.6) is 0 Å². The fourth-order valence-electron chi connectivity index (χ4n) is 1.62. The Labute approximate surface area is 115 Å². The quantitative estimate of drug-likeness (QED) is 0.870. The summed E-state index contributed by atoms with van der Waals surface area (Å²) >= 11 is 1.43. The van der Waals surface area contributed by atoms with Crippen molar-refractivity contribution in [3.05, 3.63) is 40.2 Å². The van der Waals surface area contributed by atoms with Gasteiger partial charge in [0, 0.05) is 10.6 Å². The van der Waals surface area contributed by atoms with Crippen LogP contribution in [0.25, 0.3) is 0 Å². The third-order valence-electron chi connectivity index (χ3n) is 2.54. The molecule has 6 heteroatoms. The van der Waals surface area contributed by atoms with E-state index in [9.17, 15) is 4.79 Å². The first-order chi connectivity index (χ1) is 9.10. The fraction of sp³-hybridized carbons (Fsp3) is 0.308. The topological polar surface area (TPSA) is 64.1 Å². The van der Waals surface area contributed by atoms with Crippen molar-refractivity contribution in [1.29, 1.82) is 0 Å². The third-order valence-corrected chi connectivity index (χ3v) is 3.47. The van der Waals surface area contributed by atoms with Crippen LogP contribution in [0.1, 0.15) is 26.8 Å². The second-order valence-electron chi connectivity index (χ2n) is 4.04. The first kappa shape index (κ1) is 13.5. The zero-order valence-corrected chi connectivity index (χ0v) is 11.9. The zero-order chi connectivity index (χ0) is 13.8. The molecular weight excluding hydrogens is 262 g/mol. The molecule has 1 N–H and O–H groups in total. The van der Waals surface area contributed by atoms with Crippen molar-refractivity contribution in [3.63, 3.8) is 0 Å². The number of anilines is 1. The van der Waals surface area contributed by atoms with Crippen molar-refractivity contribution in [2.45, 2.75) is 20.4 Å². The molecule has 0 amide bonds. The summed E-state index contributed by atoms with van der Waals surface area (Å²) in [5.74, 6) is -0.407. The average Bonchev–Trinajstić information content (AvgIpc) is 2.77. The number of nitrogens with zero attached hydrogens (tertiary/aromatic N) is 2. The lowest BCUT2D eigenvalue weighted by Crippen LogP contribution is -2.05. The molecule has 0 fully saturated rings. The van der Waals surface area contributed by atoms with E-state index in [1.165, 1.54) is 18.4 Å². The van der Waals surface area contributed by atoms with Gasteiger partial charge in [-0.2, -0.15) is 0 Å². The molecule has 5 nitrogen and oxygen atoms in total. The number of hydrogen-bond donors (Lipinski definition) is 1. The van der Waals surface area contributed by atoms with E-state index in [-0.39, 0.29) is 0 Å². The Kier molecular flexibility index (Phi) is 4.11. The monoisotopic (exact) mass is 277 g/mol. The molecule has 0 saturated heterocycles. The number of aryl methyl sites for hydroxylation is 2. The summed E-state index contributed by atoms with van der Waals surface area (Å²) in [5.41, 5.74) is 2.28. The number of rotatable bonds is 4. The Morgan fingerprint density at radius 1 is 1.37 bits per heavy atom. The number of aromatic nitrogens is 2. The van der Waals surface area contributed by atoms with Crippen LogP contribution < -0.4 is 5.32 Å². The van der Waals surface area contributed by atoms with Crippen LogP contribution in [0.4, 0.5) is 5.13 Å². The number of carbonyl (C=O) groups excluding carboxylic acids is 1. The maximum atomic E-state index is 11.4. The van der Waals surface area contributed by atoms with Gasteiger partial charge in [-0.25, -0.2) is 9.78 Å². The number of nitrogens with one attached hydrogen (secondary N) is 1. The van der Waals surface area contributed by atoms with Crippen LogP contribution in [-0.4, -0.2) is 23.0 Å². The molecular formula is C13H15N3O2S. The van der Waals surface area contributed by atoms with E-state index < -0.39 is 5.97 Å². The van der Waals surface area contributed by atoms with Crippen LogP contribution in [0.15, 0.2) is 18.2 Å². The summed E-state index contributed by atoms with van der Waals surface area (Å²) in [6.45, 7) is 4.38. The predicted octanol–water partition coefficient (Wildman–Crippen LogP) is 2.55. The number of thiazole rings is 1. The molecule has 0 aliphatic carbocycles. The number of carbonyl (C=O) groups is 1. The molecule has 2 rings (SSSR count). The van der Waals surface area contributed by atoms with Gasteiger partial charge in [-0.1, -0.05) is 6.07 Å². The van der Waals surface area contributed by atoms with Crippen LogP contribution in [0.3, 0.4) is 0 Å². The van der Waals surface area contributed by atoms with Crippen molar-refractivity contribution in [2.24, 2.45) is 0 Å². The summed E-state index contributed by atoms with van der Waals surface area (Å²) in [7, 11) is 1.35. The molecule has 19 heavy (non-hydrogen) atoms. The summed E-state index contributed by atoms with van der Waals surface area (Å²) in [5, 5.41) is 3.86. The highest BCUT2D eigenvalue weighted by Gasteiger charge is 2.15. The Hall–Kier alpha value is -1.95. The predicted molar refractivity (Wildman–Crippen MR) is 74.5 cm³/mol. The minimum atomic E-state index is -0.407. The molecule has 0 bridgehead atoms. The van der Waals surface area contributed by atoms with Gasteiger partial charge in [0.05, 0.1) is 19.3 Å². The first-order valence-electron chi connectivity index (χ1n) is 5.82. The third kappa shape index (κ3) is 3.29. The van der Waals surface area contributed by atoms with Gasteiger partial charge in [0.1, 0.15) is 0 Å². The lowest BCUT2D eigenvalue weighted by atomic mass is 10.3. The average molecular weight is 277 g/mol. The van der Waals surface area contributed by atoms with Crippen molar-refractivity contribution in [1.82, 2.24) is 9.97 Å². The molecule has 0 atom stereocenters. The van der Waals surface area contributed by atoms with E-state index in [1.54, 1.807) is 0 Å². The van der Waals surface area contributed by atoms with Crippen LogP contribution in [-0.2, 0) is 11.3 Å². The molecule has 0 aliphatic rings. The van der Waals surface area contributed by atoms with Gasteiger partial charge >= 0.3 is 5.97 Å². The van der Waals surface area contributed by atoms with Gasteiger partial charge in [0.15, 0.2) is 10.8 Å². The fourth-order valence-corrected chi connectivity index (χ4v) is 2.42. The molecule has 0 aliphatic heterocycles. The highest BCUT2D eigenvalue weighted by molar-refractivity contribution is 7.15. The Balaban J connectivity index is 2.06. The van der Waals surface area contributed by atoms with Crippen LogP contribution in [0.2, 0.25) is 0 Å². The second kappa shape index (κ2) is 5.79. The molecule has 0 spiro atoms. The minimum absolute atomic E-state index is 0.368. The lowest BCUT2D eigenvalue weighted by Gasteiger charge is -2.02.